The molecular weight excluding hydrogens is 420 g/mol. The van der Waals surface area contributed by atoms with Crippen molar-refractivity contribution in [1.82, 2.24) is 10.6 Å². The van der Waals surface area contributed by atoms with E-state index in [1.165, 1.54) is 0 Å². The number of carboxylic acid groups (broad SMARTS) is 1. The molecule has 2 aromatic rings. The smallest absolute Gasteiger partial charge is 0.407 e. The van der Waals surface area contributed by atoms with E-state index in [-0.39, 0.29) is 18.4 Å². The third-order valence-corrected chi connectivity index (χ3v) is 6.64. The Bertz CT molecular complexity index is 1010. The molecule has 0 radical (unpaired) electrons. The van der Waals surface area contributed by atoms with Crippen molar-refractivity contribution in [2.45, 2.75) is 57.0 Å². The van der Waals surface area contributed by atoms with Crippen LogP contribution in [0, 0.1) is 5.92 Å². The highest BCUT2D eigenvalue weighted by Crippen LogP contribution is 2.44. The molecular formula is C26H30N2O5. The average molecular weight is 451 g/mol. The van der Waals surface area contributed by atoms with Crippen LogP contribution >= 0.6 is 0 Å². The fourth-order valence-corrected chi connectivity index (χ4v) is 4.73. The second kappa shape index (κ2) is 9.25. The predicted octanol–water partition coefficient (Wildman–Crippen LogP) is 4.06. The van der Waals surface area contributed by atoms with Crippen molar-refractivity contribution in [2.75, 3.05) is 6.61 Å². The first kappa shape index (κ1) is 22.8. The van der Waals surface area contributed by atoms with Crippen LogP contribution in [0.25, 0.3) is 11.1 Å². The zero-order chi connectivity index (χ0) is 23.6. The van der Waals surface area contributed by atoms with E-state index in [0.717, 1.165) is 28.7 Å². The largest absolute Gasteiger partial charge is 0.480 e. The van der Waals surface area contributed by atoms with Gasteiger partial charge in [0.05, 0.1) is 0 Å². The molecule has 0 aliphatic heterocycles. The van der Waals surface area contributed by atoms with E-state index < -0.39 is 29.6 Å². The molecule has 0 aromatic heterocycles. The Morgan fingerprint density at radius 1 is 1.03 bits per heavy atom. The molecule has 174 valence electrons. The number of ether oxygens (including phenoxy) is 1. The zero-order valence-corrected chi connectivity index (χ0v) is 19.0. The quantitative estimate of drug-likeness (QED) is 0.563. The first-order valence-electron chi connectivity index (χ1n) is 11.5. The van der Waals surface area contributed by atoms with Gasteiger partial charge in [0.15, 0.2) is 0 Å². The van der Waals surface area contributed by atoms with Gasteiger partial charge in [0.25, 0.3) is 0 Å². The fourth-order valence-electron chi connectivity index (χ4n) is 4.73. The minimum absolute atomic E-state index is 0.0780. The maximum absolute atomic E-state index is 12.9. The highest BCUT2D eigenvalue weighted by molar-refractivity contribution is 5.92. The summed E-state index contributed by atoms with van der Waals surface area (Å²) in [5.41, 5.74) is 3.26. The summed E-state index contributed by atoms with van der Waals surface area (Å²) in [6, 6.07) is 15.3. The van der Waals surface area contributed by atoms with Gasteiger partial charge in [-0.15, -0.1) is 0 Å². The number of aliphatic carboxylic acids is 1. The normalized spacial score (nSPS) is 16.8. The maximum atomic E-state index is 12.9. The van der Waals surface area contributed by atoms with Crippen molar-refractivity contribution in [2.24, 2.45) is 5.92 Å². The number of hydrogen-bond donors (Lipinski definition) is 3. The van der Waals surface area contributed by atoms with Crippen LogP contribution in [0.4, 0.5) is 4.79 Å². The van der Waals surface area contributed by atoms with Gasteiger partial charge in [-0.05, 0) is 53.9 Å². The molecule has 1 atom stereocenters. The van der Waals surface area contributed by atoms with Crippen molar-refractivity contribution in [3.8, 4) is 11.1 Å². The van der Waals surface area contributed by atoms with Gasteiger partial charge in [0.2, 0.25) is 5.91 Å². The van der Waals surface area contributed by atoms with Gasteiger partial charge in [-0.25, -0.2) is 9.59 Å². The molecule has 1 fully saturated rings. The average Bonchev–Trinajstić information content (AvgIpc) is 3.07. The first-order chi connectivity index (χ1) is 15.8. The molecule has 7 nitrogen and oxygen atoms in total. The van der Waals surface area contributed by atoms with Crippen LogP contribution in [0.5, 0.6) is 0 Å². The molecule has 2 aromatic carbocycles. The highest BCUT2D eigenvalue weighted by Gasteiger charge is 2.46. The minimum Gasteiger partial charge on any atom is -0.480 e. The number of alkyl carbamates (subject to hydrolysis) is 1. The molecule has 2 amide bonds. The highest BCUT2D eigenvalue weighted by atomic mass is 16.5. The maximum Gasteiger partial charge on any atom is 0.407 e. The SMILES string of the molecule is CC(C)C[C@H](NC(=O)OCC1c2ccccc2-c2ccccc21)C(=O)NC1(C(=O)O)CCC1. The molecule has 0 heterocycles. The van der Waals surface area contributed by atoms with E-state index in [9.17, 15) is 19.5 Å². The topological polar surface area (TPSA) is 105 Å². The van der Waals surface area contributed by atoms with E-state index in [0.29, 0.717) is 19.3 Å². The fraction of sp³-hybridized carbons (Fsp3) is 0.423. The molecule has 0 unspecified atom stereocenters. The lowest BCUT2D eigenvalue weighted by molar-refractivity contribution is -0.152. The lowest BCUT2D eigenvalue weighted by Crippen LogP contribution is -2.62. The summed E-state index contributed by atoms with van der Waals surface area (Å²) < 4.78 is 5.57. The van der Waals surface area contributed by atoms with Gasteiger partial charge in [-0.3, -0.25) is 4.79 Å². The van der Waals surface area contributed by atoms with E-state index in [1.54, 1.807) is 0 Å². The van der Waals surface area contributed by atoms with Crippen LogP contribution in [-0.2, 0) is 14.3 Å². The number of benzene rings is 2. The summed E-state index contributed by atoms with van der Waals surface area (Å²) >= 11 is 0. The van der Waals surface area contributed by atoms with Crippen molar-refractivity contribution in [1.29, 1.82) is 0 Å². The Morgan fingerprint density at radius 2 is 1.61 bits per heavy atom. The molecule has 0 bridgehead atoms. The van der Waals surface area contributed by atoms with E-state index >= 15 is 0 Å². The Hall–Kier alpha value is -3.35. The summed E-state index contributed by atoms with van der Waals surface area (Å²) in [4.78, 5) is 37.2. The Balaban J connectivity index is 1.42. The van der Waals surface area contributed by atoms with Crippen molar-refractivity contribution >= 4 is 18.0 Å². The molecule has 0 spiro atoms. The molecule has 33 heavy (non-hydrogen) atoms. The third-order valence-electron chi connectivity index (χ3n) is 6.64. The number of rotatable bonds is 8. The summed E-state index contributed by atoms with van der Waals surface area (Å²) in [7, 11) is 0. The molecule has 2 aliphatic carbocycles. The summed E-state index contributed by atoms with van der Waals surface area (Å²) in [5, 5.41) is 14.8. The summed E-state index contributed by atoms with van der Waals surface area (Å²) in [6.07, 6.45) is 1.24. The standard InChI is InChI=1S/C26H30N2O5/c1-16(2)14-22(23(29)28-26(24(30)31)12-7-13-26)27-25(32)33-15-21-19-10-5-3-8-17(19)18-9-4-6-11-20(18)21/h3-6,8-11,16,21-22H,7,12-15H2,1-2H3,(H,27,32)(H,28,29)(H,30,31)/t22-/m0/s1. The summed E-state index contributed by atoms with van der Waals surface area (Å²) in [6.45, 7) is 4.03. The van der Waals surface area contributed by atoms with E-state index in [2.05, 4.69) is 22.8 Å². The number of carbonyl (C=O) groups is 3. The molecule has 0 saturated heterocycles. The number of amides is 2. The monoisotopic (exact) mass is 450 g/mol. The molecule has 7 heteroatoms. The third kappa shape index (κ3) is 4.58. The van der Waals surface area contributed by atoms with Crippen LogP contribution in [0.3, 0.4) is 0 Å². The van der Waals surface area contributed by atoms with Crippen LogP contribution in [0.1, 0.15) is 56.6 Å². The lowest BCUT2D eigenvalue weighted by Gasteiger charge is -2.39. The van der Waals surface area contributed by atoms with Crippen LogP contribution < -0.4 is 10.6 Å². The van der Waals surface area contributed by atoms with Gasteiger partial charge in [0.1, 0.15) is 18.2 Å². The van der Waals surface area contributed by atoms with Crippen molar-refractivity contribution in [3.63, 3.8) is 0 Å². The Kier molecular flexibility index (Phi) is 6.40. The Labute approximate surface area is 193 Å². The van der Waals surface area contributed by atoms with Crippen LogP contribution in [0.15, 0.2) is 48.5 Å². The van der Waals surface area contributed by atoms with E-state index in [1.807, 2.05) is 50.2 Å². The minimum atomic E-state index is -1.23. The van der Waals surface area contributed by atoms with Gasteiger partial charge in [0, 0.05) is 5.92 Å². The van der Waals surface area contributed by atoms with Crippen LogP contribution in [0.2, 0.25) is 0 Å². The predicted molar refractivity (Wildman–Crippen MR) is 124 cm³/mol. The first-order valence-corrected chi connectivity index (χ1v) is 11.5. The van der Waals surface area contributed by atoms with Gasteiger partial charge < -0.3 is 20.5 Å². The van der Waals surface area contributed by atoms with Crippen molar-refractivity contribution < 1.29 is 24.2 Å². The Morgan fingerprint density at radius 3 is 2.09 bits per heavy atom. The second-order valence-electron chi connectivity index (χ2n) is 9.38. The molecule has 3 N–H and O–H groups in total. The number of nitrogens with one attached hydrogen (secondary N) is 2. The lowest BCUT2D eigenvalue weighted by atomic mass is 9.76. The van der Waals surface area contributed by atoms with Gasteiger partial charge in [-0.1, -0.05) is 62.4 Å². The molecule has 2 aliphatic rings. The number of hydrogen-bond acceptors (Lipinski definition) is 4. The molecule has 1 saturated carbocycles. The van der Waals surface area contributed by atoms with Gasteiger partial charge in [-0.2, -0.15) is 0 Å². The number of fused-ring (bicyclic) bond motifs is 3. The second-order valence-corrected chi connectivity index (χ2v) is 9.38. The summed E-state index contributed by atoms with van der Waals surface area (Å²) in [5.74, 6) is -1.48. The number of carbonyl (C=O) groups excluding carboxylic acids is 2. The molecule has 4 rings (SSSR count). The van der Waals surface area contributed by atoms with Gasteiger partial charge >= 0.3 is 12.1 Å². The van der Waals surface area contributed by atoms with Crippen molar-refractivity contribution in [3.05, 3.63) is 59.7 Å². The number of carboxylic acids is 1. The van der Waals surface area contributed by atoms with Crippen LogP contribution in [-0.4, -0.2) is 41.3 Å². The van der Waals surface area contributed by atoms with E-state index in [4.69, 9.17) is 4.74 Å². The zero-order valence-electron chi connectivity index (χ0n) is 19.0.